The maximum atomic E-state index is 12.3. The largest absolute Gasteiger partial charge is 0.337 e. The van der Waals surface area contributed by atoms with E-state index in [2.05, 4.69) is 33.8 Å². The Morgan fingerprint density at radius 1 is 1.28 bits per heavy atom. The summed E-state index contributed by atoms with van der Waals surface area (Å²) < 4.78 is 0. The third-order valence-corrected chi connectivity index (χ3v) is 5.61. The lowest BCUT2D eigenvalue weighted by Crippen LogP contribution is -2.46. The molecule has 0 saturated heterocycles. The van der Waals surface area contributed by atoms with Gasteiger partial charge in [0.15, 0.2) is 5.17 Å². The van der Waals surface area contributed by atoms with Crippen LogP contribution in [0.25, 0.3) is 10.8 Å². The summed E-state index contributed by atoms with van der Waals surface area (Å²) in [5.74, 6) is 0.128. The van der Waals surface area contributed by atoms with Gasteiger partial charge < -0.3 is 10.6 Å². The van der Waals surface area contributed by atoms with E-state index in [4.69, 9.17) is 0 Å². The van der Waals surface area contributed by atoms with E-state index in [-0.39, 0.29) is 11.7 Å². The lowest BCUT2D eigenvalue weighted by Gasteiger charge is -2.22. The lowest BCUT2D eigenvalue weighted by molar-refractivity contribution is -0.119. The number of benzene rings is 2. The fourth-order valence-electron chi connectivity index (χ4n) is 3.52. The number of hydrogen-bond acceptors (Lipinski definition) is 5. The number of thioether (sulfide) groups is 1. The van der Waals surface area contributed by atoms with Crippen LogP contribution in [0.15, 0.2) is 41.4 Å². The van der Waals surface area contributed by atoms with Gasteiger partial charge in [0.05, 0.1) is 23.2 Å². The minimum atomic E-state index is -0.669. The van der Waals surface area contributed by atoms with Gasteiger partial charge in [0.2, 0.25) is 5.91 Å². The number of nitrogens with zero attached hydrogens (tertiary/aromatic N) is 2. The van der Waals surface area contributed by atoms with Gasteiger partial charge in [-0.15, -0.1) is 0 Å². The molecule has 2 aliphatic rings. The van der Waals surface area contributed by atoms with Crippen molar-refractivity contribution in [2.45, 2.75) is 31.2 Å². The molecule has 0 unspecified atom stereocenters. The highest BCUT2D eigenvalue weighted by Crippen LogP contribution is 2.37. The number of rotatable bonds is 3. The molecular weight excluding hydrogens is 332 g/mol. The van der Waals surface area contributed by atoms with Crippen LogP contribution in [-0.4, -0.2) is 22.4 Å². The Bertz CT molecular complexity index is 904. The minimum Gasteiger partial charge on any atom is -0.337 e. The van der Waals surface area contributed by atoms with Gasteiger partial charge in [-0.05, 0) is 43.2 Å². The van der Waals surface area contributed by atoms with Crippen LogP contribution in [0, 0.1) is 11.3 Å². The molecule has 2 N–H and O–H groups in total. The molecule has 2 aromatic carbocycles. The molecule has 5 nitrogen and oxygen atoms in total. The van der Waals surface area contributed by atoms with Crippen LogP contribution >= 0.6 is 11.8 Å². The summed E-state index contributed by atoms with van der Waals surface area (Å²) in [5.41, 5.74) is 1.26. The molecule has 1 aliphatic carbocycles. The summed E-state index contributed by atoms with van der Waals surface area (Å²) in [6, 6.07) is 14.4. The third kappa shape index (κ3) is 3.08. The van der Waals surface area contributed by atoms with Crippen molar-refractivity contribution in [3.05, 3.63) is 36.4 Å². The number of aliphatic imine (C=N–C) groups is 1. The number of carbonyl (C=O) groups excluding carboxylic acids is 1. The van der Waals surface area contributed by atoms with E-state index in [1.54, 1.807) is 0 Å². The van der Waals surface area contributed by atoms with Gasteiger partial charge in [-0.25, -0.2) is 4.99 Å². The number of anilines is 1. The SMILES string of the molecule is N#CC1(NC(=O)CSC2=Nc3cccc4cccc(c34)N2)CCCC1. The highest BCUT2D eigenvalue weighted by molar-refractivity contribution is 8.14. The Labute approximate surface area is 150 Å². The molecule has 0 spiro atoms. The van der Waals surface area contributed by atoms with Gasteiger partial charge in [-0.1, -0.05) is 36.0 Å². The minimum absolute atomic E-state index is 0.116. The summed E-state index contributed by atoms with van der Waals surface area (Å²) in [5, 5.41) is 18.5. The van der Waals surface area contributed by atoms with Crippen molar-refractivity contribution < 1.29 is 4.79 Å². The zero-order chi connectivity index (χ0) is 17.3. The molecule has 2 aromatic rings. The number of nitrogens with one attached hydrogen (secondary N) is 2. The van der Waals surface area contributed by atoms with Crippen molar-refractivity contribution in [2.75, 3.05) is 11.1 Å². The quantitative estimate of drug-likeness (QED) is 0.879. The molecule has 1 fully saturated rings. The first-order valence-electron chi connectivity index (χ1n) is 8.42. The second-order valence-corrected chi connectivity index (χ2v) is 7.42. The Morgan fingerprint density at radius 3 is 2.80 bits per heavy atom. The standard InChI is InChI=1S/C19H18N4OS/c20-12-19(9-1-2-10-19)23-16(24)11-25-18-21-14-7-3-5-13-6-4-8-15(22-18)17(13)14/h3-8H,1-2,9-11H2,(H,21,22)(H,23,24). The van der Waals surface area contributed by atoms with Crippen LogP contribution < -0.4 is 10.6 Å². The number of nitriles is 1. The van der Waals surface area contributed by atoms with Gasteiger partial charge in [-0.3, -0.25) is 4.79 Å². The first kappa shape index (κ1) is 16.0. The number of amidine groups is 1. The second kappa shape index (κ2) is 6.41. The zero-order valence-electron chi connectivity index (χ0n) is 13.7. The van der Waals surface area contributed by atoms with Crippen LogP contribution in [0.2, 0.25) is 0 Å². The molecule has 1 saturated carbocycles. The summed E-state index contributed by atoms with van der Waals surface area (Å²) in [7, 11) is 0. The molecule has 0 bridgehead atoms. The highest BCUT2D eigenvalue weighted by Gasteiger charge is 2.35. The molecule has 126 valence electrons. The first-order chi connectivity index (χ1) is 12.2. The molecule has 0 atom stereocenters. The molecule has 1 heterocycles. The summed E-state index contributed by atoms with van der Waals surface area (Å²) in [4.78, 5) is 16.9. The Balaban J connectivity index is 1.46. The van der Waals surface area contributed by atoms with Crippen molar-refractivity contribution in [3.8, 4) is 6.07 Å². The average Bonchev–Trinajstić information content (AvgIpc) is 3.09. The monoisotopic (exact) mass is 350 g/mol. The number of amides is 1. The van der Waals surface area contributed by atoms with E-state index in [1.807, 2.05) is 24.3 Å². The van der Waals surface area contributed by atoms with E-state index in [9.17, 15) is 10.1 Å². The fraction of sp³-hybridized carbons (Fsp3) is 0.316. The Kier molecular flexibility index (Phi) is 4.10. The van der Waals surface area contributed by atoms with Crippen molar-refractivity contribution in [3.63, 3.8) is 0 Å². The van der Waals surface area contributed by atoms with Crippen LogP contribution in [-0.2, 0) is 4.79 Å². The predicted molar refractivity (Wildman–Crippen MR) is 102 cm³/mol. The van der Waals surface area contributed by atoms with Gasteiger partial charge in [0.25, 0.3) is 0 Å². The van der Waals surface area contributed by atoms with E-state index >= 15 is 0 Å². The van der Waals surface area contributed by atoms with Crippen LogP contribution in [0.1, 0.15) is 25.7 Å². The van der Waals surface area contributed by atoms with E-state index in [1.165, 1.54) is 11.8 Å². The lowest BCUT2D eigenvalue weighted by atomic mass is 10.0. The van der Waals surface area contributed by atoms with E-state index in [0.717, 1.165) is 47.8 Å². The van der Waals surface area contributed by atoms with Crippen molar-refractivity contribution in [1.29, 1.82) is 5.26 Å². The van der Waals surface area contributed by atoms with Crippen molar-refractivity contribution in [2.24, 2.45) is 4.99 Å². The van der Waals surface area contributed by atoms with Gasteiger partial charge >= 0.3 is 0 Å². The Morgan fingerprint density at radius 2 is 2.04 bits per heavy atom. The van der Waals surface area contributed by atoms with Crippen LogP contribution in [0.5, 0.6) is 0 Å². The molecule has 0 aromatic heterocycles. The summed E-state index contributed by atoms with van der Waals surface area (Å²) >= 11 is 1.36. The topological polar surface area (TPSA) is 77.3 Å². The first-order valence-corrected chi connectivity index (χ1v) is 9.40. The maximum Gasteiger partial charge on any atom is 0.231 e. The van der Waals surface area contributed by atoms with Crippen molar-refractivity contribution >= 4 is 45.0 Å². The normalized spacial score (nSPS) is 17.5. The second-order valence-electron chi connectivity index (χ2n) is 6.46. The maximum absolute atomic E-state index is 12.3. The molecule has 0 radical (unpaired) electrons. The van der Waals surface area contributed by atoms with Crippen LogP contribution in [0.4, 0.5) is 11.4 Å². The average molecular weight is 350 g/mol. The molecule has 1 amide bonds. The molecule has 4 rings (SSSR count). The van der Waals surface area contributed by atoms with Gasteiger partial charge in [-0.2, -0.15) is 5.26 Å². The molecule has 6 heteroatoms. The summed E-state index contributed by atoms with van der Waals surface area (Å²) in [6.45, 7) is 0. The summed E-state index contributed by atoms with van der Waals surface area (Å²) in [6.07, 6.45) is 3.48. The number of carbonyl (C=O) groups is 1. The van der Waals surface area contributed by atoms with E-state index < -0.39 is 5.54 Å². The van der Waals surface area contributed by atoms with Gasteiger partial charge in [0, 0.05) is 5.39 Å². The van der Waals surface area contributed by atoms with Crippen LogP contribution in [0.3, 0.4) is 0 Å². The fourth-order valence-corrected chi connectivity index (χ4v) is 4.20. The van der Waals surface area contributed by atoms with Crippen molar-refractivity contribution in [1.82, 2.24) is 5.32 Å². The molecule has 25 heavy (non-hydrogen) atoms. The van der Waals surface area contributed by atoms with Gasteiger partial charge in [0.1, 0.15) is 5.54 Å². The number of hydrogen-bond donors (Lipinski definition) is 2. The zero-order valence-corrected chi connectivity index (χ0v) is 14.5. The molecule has 1 aliphatic heterocycles. The third-order valence-electron chi connectivity index (χ3n) is 4.74. The Hall–Kier alpha value is -2.52. The smallest absolute Gasteiger partial charge is 0.231 e. The van der Waals surface area contributed by atoms with E-state index in [0.29, 0.717) is 5.17 Å². The predicted octanol–water partition coefficient (Wildman–Crippen LogP) is 3.94. The highest BCUT2D eigenvalue weighted by atomic mass is 32.2. The molecular formula is C19H18N4OS.